The second-order valence-electron chi connectivity index (χ2n) is 13.4. The maximum absolute atomic E-state index is 11.7. The van der Waals surface area contributed by atoms with Gasteiger partial charge >= 0.3 is 0 Å². The molecule has 10 rings (SSSR count). The molecule has 8 aromatic carbocycles. The molecule has 0 aliphatic rings. The van der Waals surface area contributed by atoms with Crippen LogP contribution >= 0.6 is 0 Å². The zero-order valence-corrected chi connectivity index (χ0v) is 29.0. The first kappa shape index (κ1) is 31.4. The highest BCUT2D eigenvalue weighted by Gasteiger charge is 2.21. The van der Waals surface area contributed by atoms with Crippen molar-refractivity contribution in [2.45, 2.75) is 0 Å². The highest BCUT2D eigenvalue weighted by atomic mass is 16.3. The number of phenolic OH excluding ortho intramolecular Hbond substituents is 1. The first-order chi connectivity index (χ1) is 26.7. The predicted molar refractivity (Wildman–Crippen MR) is 219 cm³/mol. The molecule has 0 radical (unpaired) electrons. The first-order valence-electron chi connectivity index (χ1n) is 17.9. The van der Waals surface area contributed by atoms with Crippen LogP contribution in [0.5, 0.6) is 5.75 Å². The molecule has 0 atom stereocenters. The van der Waals surface area contributed by atoms with E-state index in [0.717, 1.165) is 71.7 Å². The summed E-state index contributed by atoms with van der Waals surface area (Å²) in [5.41, 5.74) is 9.84. The maximum Gasteiger partial charge on any atom is 0.164 e. The predicted octanol–water partition coefficient (Wildman–Crippen LogP) is 12.6. The van der Waals surface area contributed by atoms with Crippen molar-refractivity contribution in [1.29, 1.82) is 0 Å². The Kier molecular flexibility index (Phi) is 7.55. The summed E-state index contributed by atoms with van der Waals surface area (Å²) in [4.78, 5) is 15.3. The van der Waals surface area contributed by atoms with Gasteiger partial charge in [0.25, 0.3) is 0 Å². The molecule has 2 heterocycles. The van der Waals surface area contributed by atoms with Gasteiger partial charge in [0.2, 0.25) is 0 Å². The number of rotatable bonds is 6. The minimum Gasteiger partial charge on any atom is -0.507 e. The van der Waals surface area contributed by atoms with Crippen molar-refractivity contribution in [3.05, 3.63) is 182 Å². The molecule has 0 fully saturated rings. The number of aromatic hydroxyl groups is 1. The molecule has 54 heavy (non-hydrogen) atoms. The molecule has 0 saturated carbocycles. The quantitative estimate of drug-likeness (QED) is 0.188. The van der Waals surface area contributed by atoms with Gasteiger partial charge in [-0.2, -0.15) is 0 Å². The molecule has 10 aromatic rings. The molecule has 0 aliphatic heterocycles. The summed E-state index contributed by atoms with van der Waals surface area (Å²) in [6.07, 6.45) is 0. The normalized spacial score (nSPS) is 11.4. The van der Waals surface area contributed by atoms with Crippen molar-refractivity contribution < 1.29 is 9.52 Å². The highest BCUT2D eigenvalue weighted by molar-refractivity contribution is 6.07. The van der Waals surface area contributed by atoms with Gasteiger partial charge in [-0.15, -0.1) is 0 Å². The van der Waals surface area contributed by atoms with Crippen LogP contribution in [0.4, 0.5) is 0 Å². The number of aromatic nitrogens is 3. The molecule has 0 amide bonds. The van der Waals surface area contributed by atoms with Crippen molar-refractivity contribution in [3.63, 3.8) is 0 Å². The maximum atomic E-state index is 11.7. The average molecular weight is 694 g/mol. The highest BCUT2D eigenvalue weighted by Crippen LogP contribution is 2.44. The van der Waals surface area contributed by atoms with E-state index < -0.39 is 0 Å². The average Bonchev–Trinajstić information content (AvgIpc) is 3.62. The zero-order valence-electron chi connectivity index (χ0n) is 29.0. The molecule has 0 unspecified atom stereocenters. The van der Waals surface area contributed by atoms with Crippen molar-refractivity contribution in [2.75, 3.05) is 0 Å². The van der Waals surface area contributed by atoms with Gasteiger partial charge in [-0.05, 0) is 68.9 Å². The Labute approximate surface area is 311 Å². The summed E-state index contributed by atoms with van der Waals surface area (Å²) in [6.45, 7) is 0. The van der Waals surface area contributed by atoms with Gasteiger partial charge in [0.1, 0.15) is 16.9 Å². The Morgan fingerprint density at radius 1 is 0.352 bits per heavy atom. The summed E-state index contributed by atoms with van der Waals surface area (Å²) in [6, 6.07) is 61.2. The molecular formula is C49H31N3O2. The van der Waals surface area contributed by atoms with Crippen LogP contribution in [0.25, 0.3) is 100 Å². The summed E-state index contributed by atoms with van der Waals surface area (Å²) in [5, 5.41) is 16.0. The van der Waals surface area contributed by atoms with Gasteiger partial charge in [-0.1, -0.05) is 152 Å². The second-order valence-corrected chi connectivity index (χ2v) is 13.4. The SMILES string of the molecule is Oc1cccc(-c2nc(-c3ccc(-c4ccccc4)cc3)nc(-c3ccc4ccccc4c3)n2)c1-c1ccccc1-c1ccc2oc3ccccc3c2c1. The monoisotopic (exact) mass is 693 g/mol. The Hall–Kier alpha value is -7.37. The smallest absolute Gasteiger partial charge is 0.164 e. The van der Waals surface area contributed by atoms with Gasteiger partial charge in [0, 0.05) is 33.0 Å². The lowest BCUT2D eigenvalue weighted by atomic mass is 9.90. The van der Waals surface area contributed by atoms with E-state index in [-0.39, 0.29) is 5.75 Å². The minimum absolute atomic E-state index is 0.135. The Bertz CT molecular complexity index is 3000. The molecule has 0 aliphatic carbocycles. The number of benzene rings is 8. The van der Waals surface area contributed by atoms with Crippen molar-refractivity contribution in [1.82, 2.24) is 15.0 Å². The lowest BCUT2D eigenvalue weighted by Gasteiger charge is -2.16. The standard InChI is InChI=1S/C49H31N3O2/c53-43-19-10-18-41(46(43)40-17-7-6-15-38(40)36-27-28-45-42(30-36)39-16-8-9-20-44(39)54-45)49-51-47(34-24-21-33(22-25-34)31-11-2-1-3-12-31)50-48(52-49)37-26-23-32-13-4-5-14-35(32)29-37/h1-30,53H. The Balaban J connectivity index is 1.15. The van der Waals surface area contributed by atoms with Crippen LogP contribution in [0, 0.1) is 0 Å². The molecule has 5 heteroatoms. The van der Waals surface area contributed by atoms with E-state index in [0.29, 0.717) is 28.6 Å². The molecule has 0 saturated heterocycles. The Morgan fingerprint density at radius 2 is 0.944 bits per heavy atom. The van der Waals surface area contributed by atoms with E-state index in [1.807, 2.05) is 84.9 Å². The number of hydrogen-bond donors (Lipinski definition) is 1. The number of nitrogens with zero attached hydrogens (tertiary/aromatic N) is 3. The van der Waals surface area contributed by atoms with Crippen LogP contribution in [0.15, 0.2) is 186 Å². The third kappa shape index (κ3) is 5.56. The molecule has 0 spiro atoms. The number of para-hydroxylation sites is 1. The van der Waals surface area contributed by atoms with Crippen LogP contribution in [-0.4, -0.2) is 20.1 Å². The minimum atomic E-state index is 0.135. The number of furan rings is 1. The van der Waals surface area contributed by atoms with Crippen molar-refractivity contribution >= 4 is 32.7 Å². The van der Waals surface area contributed by atoms with E-state index >= 15 is 0 Å². The van der Waals surface area contributed by atoms with Gasteiger partial charge in [0.05, 0.1) is 0 Å². The van der Waals surface area contributed by atoms with Gasteiger partial charge in [-0.25, -0.2) is 15.0 Å². The molecule has 1 N–H and O–H groups in total. The lowest BCUT2D eigenvalue weighted by Crippen LogP contribution is -2.01. The third-order valence-electron chi connectivity index (χ3n) is 10.1. The number of fused-ring (bicyclic) bond motifs is 4. The van der Waals surface area contributed by atoms with E-state index in [4.69, 9.17) is 19.4 Å². The van der Waals surface area contributed by atoms with Crippen molar-refractivity contribution in [3.8, 4) is 73.3 Å². The summed E-state index contributed by atoms with van der Waals surface area (Å²) < 4.78 is 6.14. The van der Waals surface area contributed by atoms with Crippen LogP contribution < -0.4 is 0 Å². The van der Waals surface area contributed by atoms with Crippen LogP contribution in [-0.2, 0) is 0 Å². The Morgan fingerprint density at radius 3 is 1.80 bits per heavy atom. The third-order valence-corrected chi connectivity index (χ3v) is 10.1. The van der Waals surface area contributed by atoms with Crippen LogP contribution in [0.1, 0.15) is 0 Å². The molecule has 5 nitrogen and oxygen atoms in total. The molecule has 2 aromatic heterocycles. The van der Waals surface area contributed by atoms with Crippen LogP contribution in [0.2, 0.25) is 0 Å². The summed E-state index contributed by atoms with van der Waals surface area (Å²) in [5.74, 6) is 1.69. The largest absolute Gasteiger partial charge is 0.507 e. The first-order valence-corrected chi connectivity index (χ1v) is 17.9. The van der Waals surface area contributed by atoms with E-state index in [2.05, 4.69) is 91.0 Å². The van der Waals surface area contributed by atoms with Crippen molar-refractivity contribution in [2.24, 2.45) is 0 Å². The fourth-order valence-electron chi connectivity index (χ4n) is 7.38. The van der Waals surface area contributed by atoms with Crippen LogP contribution in [0.3, 0.4) is 0 Å². The summed E-state index contributed by atoms with van der Waals surface area (Å²) >= 11 is 0. The van der Waals surface area contributed by atoms with E-state index in [9.17, 15) is 5.11 Å². The molecule has 254 valence electrons. The molecular weight excluding hydrogens is 663 g/mol. The van der Waals surface area contributed by atoms with Gasteiger partial charge in [-0.3, -0.25) is 0 Å². The zero-order chi connectivity index (χ0) is 36.0. The number of phenols is 1. The second kappa shape index (κ2) is 13.0. The number of hydrogen-bond acceptors (Lipinski definition) is 5. The fraction of sp³-hybridized carbons (Fsp3) is 0. The lowest BCUT2D eigenvalue weighted by molar-refractivity contribution is 0.477. The fourth-order valence-corrected chi connectivity index (χ4v) is 7.38. The topological polar surface area (TPSA) is 72.0 Å². The molecule has 0 bridgehead atoms. The van der Waals surface area contributed by atoms with Gasteiger partial charge in [0.15, 0.2) is 17.5 Å². The van der Waals surface area contributed by atoms with E-state index in [1.165, 1.54) is 0 Å². The van der Waals surface area contributed by atoms with Gasteiger partial charge < -0.3 is 9.52 Å². The van der Waals surface area contributed by atoms with E-state index in [1.54, 1.807) is 6.07 Å². The summed E-state index contributed by atoms with van der Waals surface area (Å²) in [7, 11) is 0.